The second kappa shape index (κ2) is 7.33. The normalized spacial score (nSPS) is 10.7. The highest BCUT2D eigenvalue weighted by molar-refractivity contribution is 5.94. The lowest BCUT2D eigenvalue weighted by atomic mass is 10.0. The van der Waals surface area contributed by atoms with E-state index in [1.165, 1.54) is 0 Å². The van der Waals surface area contributed by atoms with E-state index in [1.807, 2.05) is 48.7 Å². The molecular weight excluding hydrogens is 336 g/mol. The third kappa shape index (κ3) is 3.67. The molecular formula is C22H20N4O. The highest BCUT2D eigenvalue weighted by Gasteiger charge is 2.06. The molecule has 0 saturated carbocycles. The van der Waals surface area contributed by atoms with Gasteiger partial charge in [0.1, 0.15) is 17.4 Å². The van der Waals surface area contributed by atoms with Gasteiger partial charge in [-0.3, -0.25) is 0 Å². The standard InChI is InChI=1S/C22H20N4O/c1-27-19-7-2-15(3-8-19)13-26-22-20-12-17(5-4-16(20)10-11-24-22)18-6-9-21(23)25-14-18/h2-12,14H,13H2,1H3,(H2,23,25)(H,24,26). The van der Waals surface area contributed by atoms with Gasteiger partial charge in [0.2, 0.25) is 0 Å². The fourth-order valence-electron chi connectivity index (χ4n) is 2.99. The molecule has 134 valence electrons. The van der Waals surface area contributed by atoms with E-state index in [4.69, 9.17) is 10.5 Å². The lowest BCUT2D eigenvalue weighted by Gasteiger charge is -2.11. The summed E-state index contributed by atoms with van der Waals surface area (Å²) in [7, 11) is 1.67. The number of hydrogen-bond donors (Lipinski definition) is 2. The SMILES string of the molecule is COc1ccc(CNc2nccc3ccc(-c4ccc(N)nc4)cc23)cc1. The van der Waals surface area contributed by atoms with Crippen LogP contribution in [0.5, 0.6) is 5.75 Å². The number of fused-ring (bicyclic) bond motifs is 1. The van der Waals surface area contributed by atoms with Gasteiger partial charge >= 0.3 is 0 Å². The van der Waals surface area contributed by atoms with E-state index in [0.717, 1.165) is 39.0 Å². The van der Waals surface area contributed by atoms with Crippen molar-refractivity contribution in [2.45, 2.75) is 6.54 Å². The van der Waals surface area contributed by atoms with Gasteiger partial charge in [0.15, 0.2) is 0 Å². The smallest absolute Gasteiger partial charge is 0.134 e. The van der Waals surface area contributed by atoms with Crippen LogP contribution in [-0.4, -0.2) is 17.1 Å². The predicted molar refractivity (Wildman–Crippen MR) is 110 cm³/mol. The number of ether oxygens (including phenoxy) is 1. The molecule has 5 nitrogen and oxygen atoms in total. The molecule has 0 aliphatic heterocycles. The molecule has 4 aromatic rings. The van der Waals surface area contributed by atoms with Gasteiger partial charge in [0.25, 0.3) is 0 Å². The number of methoxy groups -OCH3 is 1. The Kier molecular flexibility index (Phi) is 4.58. The van der Waals surface area contributed by atoms with Crippen LogP contribution in [0.2, 0.25) is 0 Å². The van der Waals surface area contributed by atoms with Crippen molar-refractivity contribution in [3.8, 4) is 16.9 Å². The fraction of sp³-hybridized carbons (Fsp3) is 0.0909. The number of nitrogen functional groups attached to an aromatic ring is 1. The summed E-state index contributed by atoms with van der Waals surface area (Å²) in [6, 6.07) is 20.1. The van der Waals surface area contributed by atoms with Crippen molar-refractivity contribution in [3.05, 3.63) is 78.6 Å². The summed E-state index contributed by atoms with van der Waals surface area (Å²) in [5.74, 6) is 2.22. The summed E-state index contributed by atoms with van der Waals surface area (Å²) in [4.78, 5) is 8.72. The van der Waals surface area contributed by atoms with Crippen LogP contribution in [0, 0.1) is 0 Å². The largest absolute Gasteiger partial charge is 0.497 e. The van der Waals surface area contributed by atoms with Gasteiger partial charge in [0.05, 0.1) is 7.11 Å². The molecule has 0 unspecified atom stereocenters. The topological polar surface area (TPSA) is 73.1 Å². The molecule has 2 aromatic heterocycles. The molecule has 0 bridgehead atoms. The average molecular weight is 356 g/mol. The third-order valence-electron chi connectivity index (χ3n) is 4.50. The van der Waals surface area contributed by atoms with Crippen LogP contribution in [0.4, 0.5) is 11.6 Å². The van der Waals surface area contributed by atoms with E-state index in [-0.39, 0.29) is 0 Å². The maximum Gasteiger partial charge on any atom is 0.134 e. The van der Waals surface area contributed by atoms with Gasteiger partial charge in [-0.2, -0.15) is 0 Å². The zero-order valence-electron chi connectivity index (χ0n) is 15.0. The molecule has 2 aromatic carbocycles. The molecule has 5 heteroatoms. The predicted octanol–water partition coefficient (Wildman–Crippen LogP) is 4.50. The zero-order chi connectivity index (χ0) is 18.6. The molecule has 0 radical (unpaired) electrons. The summed E-state index contributed by atoms with van der Waals surface area (Å²) in [5.41, 5.74) is 8.96. The van der Waals surface area contributed by atoms with Gasteiger partial charge in [-0.25, -0.2) is 9.97 Å². The van der Waals surface area contributed by atoms with Crippen LogP contribution in [-0.2, 0) is 6.54 Å². The molecule has 0 amide bonds. The van der Waals surface area contributed by atoms with Crippen LogP contribution in [0.1, 0.15) is 5.56 Å². The number of benzene rings is 2. The van der Waals surface area contributed by atoms with E-state index < -0.39 is 0 Å². The molecule has 0 spiro atoms. The lowest BCUT2D eigenvalue weighted by Crippen LogP contribution is -2.02. The van der Waals surface area contributed by atoms with Crippen LogP contribution >= 0.6 is 0 Å². The van der Waals surface area contributed by atoms with E-state index in [0.29, 0.717) is 12.4 Å². The van der Waals surface area contributed by atoms with E-state index in [2.05, 4.69) is 33.5 Å². The summed E-state index contributed by atoms with van der Waals surface area (Å²) in [6.45, 7) is 0.684. The van der Waals surface area contributed by atoms with Gasteiger partial charge in [0, 0.05) is 29.9 Å². The van der Waals surface area contributed by atoms with Crippen molar-refractivity contribution in [3.63, 3.8) is 0 Å². The minimum absolute atomic E-state index is 0.517. The molecule has 4 rings (SSSR count). The number of nitrogens with two attached hydrogens (primary N) is 1. The number of hydrogen-bond acceptors (Lipinski definition) is 5. The average Bonchev–Trinajstić information content (AvgIpc) is 2.73. The van der Waals surface area contributed by atoms with Crippen molar-refractivity contribution in [2.75, 3.05) is 18.2 Å². The molecule has 0 fully saturated rings. The molecule has 0 atom stereocenters. The first-order valence-corrected chi connectivity index (χ1v) is 8.70. The minimum atomic E-state index is 0.517. The summed E-state index contributed by atoms with van der Waals surface area (Å²) < 4.78 is 5.21. The number of nitrogens with one attached hydrogen (secondary N) is 1. The Morgan fingerprint density at radius 1 is 0.926 bits per heavy atom. The summed E-state index contributed by atoms with van der Waals surface area (Å²) in [6.07, 6.45) is 3.61. The van der Waals surface area contributed by atoms with Crippen molar-refractivity contribution in [1.29, 1.82) is 0 Å². The van der Waals surface area contributed by atoms with E-state index in [9.17, 15) is 0 Å². The first kappa shape index (κ1) is 16.8. The van der Waals surface area contributed by atoms with Crippen molar-refractivity contribution in [1.82, 2.24) is 9.97 Å². The maximum atomic E-state index is 5.69. The Balaban J connectivity index is 1.63. The zero-order valence-corrected chi connectivity index (χ0v) is 15.0. The number of pyridine rings is 2. The van der Waals surface area contributed by atoms with Gasteiger partial charge in [-0.05, 0) is 52.9 Å². The van der Waals surface area contributed by atoms with Crippen LogP contribution in [0.3, 0.4) is 0 Å². The van der Waals surface area contributed by atoms with Crippen LogP contribution in [0.25, 0.3) is 21.9 Å². The van der Waals surface area contributed by atoms with E-state index >= 15 is 0 Å². The molecule has 0 aliphatic carbocycles. The van der Waals surface area contributed by atoms with Crippen molar-refractivity contribution in [2.24, 2.45) is 0 Å². The quantitative estimate of drug-likeness (QED) is 0.551. The van der Waals surface area contributed by atoms with E-state index in [1.54, 1.807) is 13.3 Å². The van der Waals surface area contributed by atoms with Gasteiger partial charge < -0.3 is 15.8 Å². The molecule has 3 N–H and O–H groups in total. The highest BCUT2D eigenvalue weighted by atomic mass is 16.5. The Hall–Kier alpha value is -3.60. The number of nitrogens with zero attached hydrogens (tertiary/aromatic N) is 2. The Morgan fingerprint density at radius 3 is 2.48 bits per heavy atom. The van der Waals surface area contributed by atoms with Crippen molar-refractivity contribution < 1.29 is 4.74 Å². The second-order valence-electron chi connectivity index (χ2n) is 6.27. The van der Waals surface area contributed by atoms with Crippen LogP contribution in [0.15, 0.2) is 73.1 Å². The third-order valence-corrected chi connectivity index (χ3v) is 4.50. The second-order valence-corrected chi connectivity index (χ2v) is 6.27. The van der Waals surface area contributed by atoms with Gasteiger partial charge in [-0.15, -0.1) is 0 Å². The number of anilines is 2. The number of rotatable bonds is 5. The highest BCUT2D eigenvalue weighted by Crippen LogP contribution is 2.28. The van der Waals surface area contributed by atoms with Gasteiger partial charge in [-0.1, -0.05) is 24.3 Å². The Labute approximate surface area is 157 Å². The van der Waals surface area contributed by atoms with Crippen molar-refractivity contribution >= 4 is 22.4 Å². The first-order valence-electron chi connectivity index (χ1n) is 8.70. The monoisotopic (exact) mass is 356 g/mol. The summed E-state index contributed by atoms with van der Waals surface area (Å²) >= 11 is 0. The Morgan fingerprint density at radius 2 is 1.74 bits per heavy atom. The maximum absolute atomic E-state index is 5.69. The Bertz CT molecular complexity index is 1060. The molecule has 0 saturated heterocycles. The first-order chi connectivity index (χ1) is 13.2. The minimum Gasteiger partial charge on any atom is -0.497 e. The fourth-order valence-corrected chi connectivity index (χ4v) is 2.99. The molecule has 27 heavy (non-hydrogen) atoms. The molecule has 0 aliphatic rings. The lowest BCUT2D eigenvalue weighted by molar-refractivity contribution is 0.414. The van der Waals surface area contributed by atoms with Crippen LogP contribution < -0.4 is 15.8 Å². The summed E-state index contributed by atoms with van der Waals surface area (Å²) in [5, 5.41) is 5.65. The number of aromatic nitrogens is 2. The molecule has 2 heterocycles.